The summed E-state index contributed by atoms with van der Waals surface area (Å²) in [6.07, 6.45) is 0. The second-order valence-electron chi connectivity index (χ2n) is 6.53. The number of hydrogen-bond acceptors (Lipinski definition) is 5. The molecule has 3 aromatic rings. The van der Waals surface area contributed by atoms with Crippen molar-refractivity contribution in [3.63, 3.8) is 0 Å². The summed E-state index contributed by atoms with van der Waals surface area (Å²) in [4.78, 5) is 0. The van der Waals surface area contributed by atoms with Gasteiger partial charge < -0.3 is 10.6 Å². The van der Waals surface area contributed by atoms with E-state index in [1.165, 1.54) is 27.6 Å². The average Bonchev–Trinajstić information content (AvgIpc) is 2.99. The Hall–Kier alpha value is -1.99. The molecule has 0 fully saturated rings. The highest BCUT2D eigenvalue weighted by Crippen LogP contribution is 2.28. The van der Waals surface area contributed by atoms with Gasteiger partial charge in [0, 0.05) is 15.8 Å². The van der Waals surface area contributed by atoms with Crippen LogP contribution in [0.15, 0.2) is 52.1 Å². The zero-order valence-electron chi connectivity index (χ0n) is 15.6. The molecule has 2 N–H and O–H groups in total. The van der Waals surface area contributed by atoms with E-state index in [4.69, 9.17) is 10.6 Å². The Balaban J connectivity index is 1.57. The van der Waals surface area contributed by atoms with E-state index in [1.54, 1.807) is 0 Å². The third-order valence-corrected chi connectivity index (χ3v) is 5.82. The minimum atomic E-state index is 0.518. The smallest absolute Gasteiger partial charge is 0.210 e. The van der Waals surface area contributed by atoms with E-state index in [0.717, 1.165) is 21.5 Å². The topological polar surface area (TPSA) is 66.0 Å². The van der Waals surface area contributed by atoms with Crippen molar-refractivity contribution in [3.8, 4) is 17.1 Å². The maximum atomic E-state index is 6.17. The van der Waals surface area contributed by atoms with Gasteiger partial charge in [0.2, 0.25) is 5.16 Å². The lowest BCUT2D eigenvalue weighted by Gasteiger charge is -2.12. The molecule has 1 heterocycles. The molecule has 0 unspecified atom stereocenters. The van der Waals surface area contributed by atoms with E-state index in [2.05, 4.69) is 59.0 Å². The van der Waals surface area contributed by atoms with Crippen LogP contribution < -0.4 is 10.6 Å². The molecule has 2 aromatic carbocycles. The summed E-state index contributed by atoms with van der Waals surface area (Å²) >= 11 is 5.05. The van der Waals surface area contributed by atoms with Crippen LogP contribution in [-0.4, -0.2) is 27.2 Å². The fourth-order valence-corrected chi connectivity index (χ4v) is 4.02. The molecule has 0 atom stereocenters. The van der Waals surface area contributed by atoms with Crippen LogP contribution in [0.4, 0.5) is 0 Å². The maximum absolute atomic E-state index is 6.17. The van der Waals surface area contributed by atoms with E-state index in [-0.39, 0.29) is 0 Å². The Morgan fingerprint density at radius 2 is 1.96 bits per heavy atom. The van der Waals surface area contributed by atoms with Gasteiger partial charge in [-0.15, -0.1) is 10.2 Å². The van der Waals surface area contributed by atoms with Crippen LogP contribution in [0.5, 0.6) is 5.75 Å². The maximum Gasteiger partial charge on any atom is 0.210 e. The summed E-state index contributed by atoms with van der Waals surface area (Å²) in [5.41, 5.74) is 3.53. The van der Waals surface area contributed by atoms with Gasteiger partial charge in [0.1, 0.15) is 5.75 Å². The van der Waals surface area contributed by atoms with Crippen molar-refractivity contribution in [1.29, 1.82) is 0 Å². The van der Waals surface area contributed by atoms with Crippen LogP contribution in [0.3, 0.4) is 0 Å². The van der Waals surface area contributed by atoms with Gasteiger partial charge in [0.15, 0.2) is 5.82 Å². The van der Waals surface area contributed by atoms with Crippen LogP contribution in [0.1, 0.15) is 30.9 Å². The quantitative estimate of drug-likeness (QED) is 0.313. The van der Waals surface area contributed by atoms with Crippen molar-refractivity contribution >= 4 is 27.7 Å². The first-order chi connectivity index (χ1) is 13.0. The molecule has 142 valence electrons. The highest BCUT2D eigenvalue weighted by Gasteiger charge is 2.14. The number of benzene rings is 2. The minimum Gasteiger partial charge on any atom is -0.493 e. The average molecular weight is 447 g/mol. The third-order valence-electron chi connectivity index (χ3n) is 4.23. The second kappa shape index (κ2) is 8.80. The molecule has 5 nitrogen and oxygen atoms in total. The molecule has 0 amide bonds. The van der Waals surface area contributed by atoms with Gasteiger partial charge >= 0.3 is 0 Å². The van der Waals surface area contributed by atoms with Crippen LogP contribution in [0.25, 0.3) is 11.4 Å². The number of hydrogen-bond donors (Lipinski definition) is 1. The minimum absolute atomic E-state index is 0.518. The molecule has 7 heteroatoms. The predicted molar refractivity (Wildman–Crippen MR) is 115 cm³/mol. The SMILES string of the molecule is Cc1cc(OCCSc2nnc(-c3ccccc3Br)n2N)ccc1C(C)C. The molecule has 0 saturated heterocycles. The summed E-state index contributed by atoms with van der Waals surface area (Å²) in [7, 11) is 0. The van der Waals surface area contributed by atoms with Crippen LogP contribution in [-0.2, 0) is 0 Å². The Kier molecular flexibility index (Phi) is 6.44. The van der Waals surface area contributed by atoms with Crippen LogP contribution >= 0.6 is 27.7 Å². The summed E-state index contributed by atoms with van der Waals surface area (Å²) in [5.74, 6) is 8.94. The first-order valence-electron chi connectivity index (χ1n) is 8.79. The van der Waals surface area contributed by atoms with Crippen molar-refractivity contribution in [2.75, 3.05) is 18.2 Å². The van der Waals surface area contributed by atoms with Crippen LogP contribution in [0, 0.1) is 6.92 Å². The first kappa shape index (κ1) is 19.8. The van der Waals surface area contributed by atoms with Gasteiger partial charge in [0.25, 0.3) is 0 Å². The van der Waals surface area contributed by atoms with E-state index >= 15 is 0 Å². The number of nitrogens with zero attached hydrogens (tertiary/aromatic N) is 3. The third kappa shape index (κ3) is 4.65. The van der Waals surface area contributed by atoms with Gasteiger partial charge in [0.05, 0.1) is 6.61 Å². The highest BCUT2D eigenvalue weighted by atomic mass is 79.9. The Bertz CT molecular complexity index is 926. The lowest BCUT2D eigenvalue weighted by Crippen LogP contribution is -2.12. The summed E-state index contributed by atoms with van der Waals surface area (Å²) in [6.45, 7) is 7.09. The second-order valence-corrected chi connectivity index (χ2v) is 8.44. The molecule has 27 heavy (non-hydrogen) atoms. The zero-order valence-corrected chi connectivity index (χ0v) is 18.0. The summed E-state index contributed by atoms with van der Waals surface area (Å²) in [6, 6.07) is 14.1. The van der Waals surface area contributed by atoms with Gasteiger partial charge in [-0.25, -0.2) is 4.68 Å². The molecule has 0 radical (unpaired) electrons. The molecule has 0 aliphatic heterocycles. The number of halogens is 1. The number of nitrogen functional groups attached to an aromatic ring is 1. The van der Waals surface area contributed by atoms with Crippen LogP contribution in [0.2, 0.25) is 0 Å². The molecule has 0 aliphatic carbocycles. The fourth-order valence-electron chi connectivity index (χ4n) is 2.88. The molecule has 0 bridgehead atoms. The fraction of sp³-hybridized carbons (Fsp3) is 0.300. The van der Waals surface area contributed by atoms with Crippen molar-refractivity contribution in [1.82, 2.24) is 14.9 Å². The molecule has 3 rings (SSSR count). The summed E-state index contributed by atoms with van der Waals surface area (Å²) in [5, 5.41) is 9.08. The molecule has 1 aromatic heterocycles. The summed E-state index contributed by atoms with van der Waals surface area (Å²) < 4.78 is 8.32. The normalized spacial score (nSPS) is 11.1. The molecule has 0 saturated carbocycles. The molecular weight excluding hydrogens is 424 g/mol. The number of rotatable bonds is 7. The standard InChI is InChI=1S/C20H23BrN4OS/c1-13(2)16-9-8-15(12-14(16)3)26-10-11-27-20-24-23-19(25(20)22)17-6-4-5-7-18(17)21/h4-9,12-13H,10-11,22H2,1-3H3. The molecule has 0 spiro atoms. The zero-order chi connectivity index (χ0) is 19.4. The number of nitrogens with two attached hydrogens (primary N) is 1. The van der Waals surface area contributed by atoms with Crippen molar-refractivity contribution < 1.29 is 4.74 Å². The van der Waals surface area contributed by atoms with E-state index in [9.17, 15) is 0 Å². The van der Waals surface area contributed by atoms with E-state index < -0.39 is 0 Å². The lowest BCUT2D eigenvalue weighted by atomic mass is 9.98. The van der Waals surface area contributed by atoms with E-state index in [0.29, 0.717) is 23.5 Å². The van der Waals surface area contributed by atoms with Gasteiger partial charge in [-0.05, 0) is 48.2 Å². The van der Waals surface area contributed by atoms with Gasteiger partial charge in [-0.2, -0.15) is 0 Å². The monoisotopic (exact) mass is 446 g/mol. The Morgan fingerprint density at radius 3 is 2.67 bits per heavy atom. The van der Waals surface area contributed by atoms with Gasteiger partial charge in [-0.3, -0.25) is 0 Å². The van der Waals surface area contributed by atoms with E-state index in [1.807, 2.05) is 30.3 Å². The Morgan fingerprint density at radius 1 is 1.19 bits per heavy atom. The van der Waals surface area contributed by atoms with Crippen molar-refractivity contribution in [3.05, 3.63) is 58.1 Å². The number of aromatic nitrogens is 3. The predicted octanol–water partition coefficient (Wildman–Crippen LogP) is 5.02. The highest BCUT2D eigenvalue weighted by molar-refractivity contribution is 9.10. The van der Waals surface area contributed by atoms with Gasteiger partial charge in [-0.1, -0.05) is 59.7 Å². The lowest BCUT2D eigenvalue weighted by molar-refractivity contribution is 0.343. The van der Waals surface area contributed by atoms with Crippen molar-refractivity contribution in [2.24, 2.45) is 0 Å². The molecule has 0 aliphatic rings. The largest absolute Gasteiger partial charge is 0.493 e. The first-order valence-corrected chi connectivity index (χ1v) is 10.6. The number of aryl methyl sites for hydroxylation is 1. The Labute approximate surface area is 172 Å². The molecular formula is C20H23BrN4OS. The van der Waals surface area contributed by atoms with Crippen molar-refractivity contribution in [2.45, 2.75) is 31.8 Å². The number of thioether (sulfide) groups is 1. The number of ether oxygens (including phenoxy) is 1.